The number of alkyl halides is 2. The Morgan fingerprint density at radius 3 is 2.52 bits per heavy atom. The molecule has 3 N–H and O–H groups in total. The van der Waals surface area contributed by atoms with Crippen molar-refractivity contribution in [2.75, 3.05) is 31.1 Å². The highest BCUT2D eigenvalue weighted by Gasteiger charge is 2.50. The molecule has 0 bridgehead atoms. The molecule has 5 heterocycles. The summed E-state index contributed by atoms with van der Waals surface area (Å²) in [7, 11) is -4.78. The van der Waals surface area contributed by atoms with Gasteiger partial charge in [-0.1, -0.05) is 38.1 Å². The van der Waals surface area contributed by atoms with E-state index in [-0.39, 0.29) is 62.6 Å². The summed E-state index contributed by atoms with van der Waals surface area (Å²) in [5, 5.41) is 22.8. The molecule has 0 unspecified atom stereocenters. The van der Waals surface area contributed by atoms with Gasteiger partial charge in [0.15, 0.2) is 5.75 Å². The molecule has 10 rings (SSSR count). The number of sulfonamides is 1. The molecule has 2 atom stereocenters. The molecule has 4 fully saturated rings. The number of fused-ring (bicyclic) bond motifs is 2. The lowest BCUT2D eigenvalue weighted by atomic mass is 9.59. The fraction of sp³-hybridized carbons (Fsp3) is 0.480. The zero-order valence-electron chi connectivity index (χ0n) is 38.4. The maximum Gasteiger partial charge on any atom is 0.388 e. The van der Waals surface area contributed by atoms with Gasteiger partial charge in [-0.15, -0.1) is 11.8 Å². The van der Waals surface area contributed by atoms with Crippen molar-refractivity contribution >= 4 is 50.1 Å². The fourth-order valence-corrected chi connectivity index (χ4v) is 13.8. The van der Waals surface area contributed by atoms with E-state index in [1.807, 2.05) is 0 Å². The molecule has 1 amide bonds. The van der Waals surface area contributed by atoms with E-state index in [4.69, 9.17) is 14.2 Å². The van der Waals surface area contributed by atoms with Crippen LogP contribution in [0.15, 0.2) is 82.7 Å². The molecule has 5 aliphatic rings. The molecule has 2 aliphatic carbocycles. The summed E-state index contributed by atoms with van der Waals surface area (Å²) >= 11 is 1.26. The predicted octanol–water partition coefficient (Wildman–Crippen LogP) is 10.1. The number of hydrogen-bond acceptors (Lipinski definition) is 13. The van der Waals surface area contributed by atoms with Crippen molar-refractivity contribution in [2.24, 2.45) is 11.3 Å². The first-order valence-electron chi connectivity index (χ1n) is 23.8. The van der Waals surface area contributed by atoms with Crippen LogP contribution in [0.25, 0.3) is 11.0 Å². The molecule has 2 saturated carbocycles. The minimum absolute atomic E-state index is 0.00934. The van der Waals surface area contributed by atoms with Crippen LogP contribution >= 0.6 is 11.8 Å². The lowest BCUT2D eigenvalue weighted by Gasteiger charge is -2.56. The number of ether oxygens (including phenoxy) is 3. The molecular formula is C50H56F2N6O9S2. The van der Waals surface area contributed by atoms with E-state index in [2.05, 4.69) is 62.6 Å². The van der Waals surface area contributed by atoms with Gasteiger partial charge in [0.2, 0.25) is 0 Å². The van der Waals surface area contributed by atoms with E-state index in [0.717, 1.165) is 57.6 Å². The van der Waals surface area contributed by atoms with Gasteiger partial charge in [-0.2, -0.15) is 13.8 Å². The van der Waals surface area contributed by atoms with Crippen molar-refractivity contribution in [2.45, 2.75) is 124 Å². The second kappa shape index (κ2) is 19.0. The Kier molecular flexibility index (Phi) is 13.0. The van der Waals surface area contributed by atoms with Crippen molar-refractivity contribution in [1.29, 1.82) is 0 Å². The van der Waals surface area contributed by atoms with E-state index in [0.29, 0.717) is 55.0 Å². The third-order valence-corrected chi connectivity index (χ3v) is 17.8. The molecule has 1 spiro atoms. The number of carbonyl (C=O) groups excluding carboxylic acids is 1. The highest BCUT2D eigenvalue weighted by atomic mass is 32.2. The van der Waals surface area contributed by atoms with Crippen molar-refractivity contribution in [3.8, 4) is 23.1 Å². The minimum atomic E-state index is -4.78. The summed E-state index contributed by atoms with van der Waals surface area (Å²) in [5.41, 5.74) is 3.27. The number of piperidine rings is 1. The largest absolute Gasteiger partial charge is 0.491 e. The van der Waals surface area contributed by atoms with Crippen LogP contribution in [0.1, 0.15) is 112 Å². The van der Waals surface area contributed by atoms with Gasteiger partial charge in [0.25, 0.3) is 27.5 Å². The Balaban J connectivity index is 0.891. The second-order valence-corrected chi connectivity index (χ2v) is 22.5. The van der Waals surface area contributed by atoms with Crippen LogP contribution in [0.4, 0.5) is 20.2 Å². The van der Waals surface area contributed by atoms with E-state index in [1.165, 1.54) is 47.5 Å². The lowest BCUT2D eigenvalue weighted by molar-refractivity contribution is -0.388. The molecule has 366 valence electrons. The van der Waals surface area contributed by atoms with Crippen LogP contribution in [0, 0.1) is 21.4 Å². The van der Waals surface area contributed by atoms with Gasteiger partial charge in [0.1, 0.15) is 28.6 Å². The van der Waals surface area contributed by atoms with Gasteiger partial charge < -0.3 is 29.2 Å². The van der Waals surface area contributed by atoms with Crippen LogP contribution in [0.3, 0.4) is 0 Å². The number of nitrogens with one attached hydrogen (secondary N) is 2. The van der Waals surface area contributed by atoms with Crippen LogP contribution in [-0.4, -0.2) is 89.5 Å². The average molecular weight is 987 g/mol. The number of carbonyl (C=O) groups is 1. The number of amides is 1. The number of likely N-dealkylation sites (tertiary alicyclic amines) is 1. The average Bonchev–Trinajstić information content (AvgIpc) is 4.00. The third-order valence-electron chi connectivity index (χ3n) is 15.0. The van der Waals surface area contributed by atoms with Gasteiger partial charge in [-0.25, -0.2) is 13.1 Å². The maximum atomic E-state index is 14.2. The summed E-state index contributed by atoms with van der Waals surface area (Å²) in [5.74, 6) is -1.46. The highest BCUT2D eigenvalue weighted by molar-refractivity contribution is 8.00. The Labute approximate surface area is 403 Å². The number of benzene rings is 3. The normalized spacial score (nSPS) is 22.9. The van der Waals surface area contributed by atoms with Crippen LogP contribution in [-0.2, 0) is 10.0 Å². The van der Waals surface area contributed by atoms with E-state index >= 15 is 0 Å². The highest BCUT2D eigenvalue weighted by Crippen LogP contribution is 2.55. The number of nitrogens with zero attached hydrogens (tertiary/aromatic N) is 4. The van der Waals surface area contributed by atoms with Crippen molar-refractivity contribution in [3.63, 3.8) is 0 Å². The maximum absolute atomic E-state index is 14.2. The first-order valence-corrected chi connectivity index (χ1v) is 26.2. The lowest BCUT2D eigenvalue weighted by Crippen LogP contribution is -2.54. The van der Waals surface area contributed by atoms with Gasteiger partial charge in [0, 0.05) is 65.9 Å². The van der Waals surface area contributed by atoms with Crippen molar-refractivity contribution in [1.82, 2.24) is 19.6 Å². The Bertz CT molecular complexity index is 2860. The number of anilines is 1. The molecule has 2 aromatic heterocycles. The molecule has 0 radical (unpaired) electrons. The topological polar surface area (TPSA) is 189 Å². The molecule has 3 aromatic carbocycles. The number of halogens is 2. The number of H-pyrrole nitrogens is 1. The summed E-state index contributed by atoms with van der Waals surface area (Å²) in [4.78, 5) is 37.5. The quantitative estimate of drug-likeness (QED) is 0.0747. The summed E-state index contributed by atoms with van der Waals surface area (Å²) < 4.78 is 74.6. The molecule has 19 heteroatoms. The van der Waals surface area contributed by atoms with Gasteiger partial charge >= 0.3 is 6.61 Å². The Morgan fingerprint density at radius 2 is 1.78 bits per heavy atom. The summed E-state index contributed by atoms with van der Waals surface area (Å²) in [6, 6.07) is 19.6. The molecule has 5 aromatic rings. The number of nitro benzene ring substituents is 1. The molecule has 69 heavy (non-hydrogen) atoms. The Morgan fingerprint density at radius 1 is 1.01 bits per heavy atom. The standard InChI is InChI=1S/C50H56F2N6O9S2/c1-29(2)36-6-3-4-7-37(36)39-8-5-19-57(39)33-26-50(27-33)16-20-56(21-17-50)32-11-14-38(41(23-32)66-43-22-31-15-18-53-46(31)54-48(43)67-49(51)52)47(60)55-69(63,64)35-24-40(58(61)62)45-42(25-35)65-28-44(68-45)30-9-12-34(59)13-10-30/h3-4,6-7,11,14-15,18,22-25,29-30,33-34,39,44,49,59H,5,8-10,12-13,16-17,19-21,26-28H2,1-2H3,(H,53,54)(H,55,60)/t30?,34?,39-,44+/m0/s1. The molecule has 3 aliphatic heterocycles. The third kappa shape index (κ3) is 9.58. The minimum Gasteiger partial charge on any atom is -0.491 e. The fourth-order valence-electron chi connectivity index (χ4n) is 11.4. The van der Waals surface area contributed by atoms with Gasteiger partial charge in [-0.3, -0.25) is 19.8 Å². The zero-order chi connectivity index (χ0) is 48.2. The predicted molar refractivity (Wildman–Crippen MR) is 256 cm³/mol. The van der Waals surface area contributed by atoms with Crippen molar-refractivity contribution in [3.05, 3.63) is 99.7 Å². The molecule has 15 nitrogen and oxygen atoms in total. The number of hydrogen-bond donors (Lipinski definition) is 3. The number of aliphatic hydroxyl groups is 1. The van der Waals surface area contributed by atoms with E-state index < -0.39 is 43.9 Å². The smallest absolute Gasteiger partial charge is 0.388 e. The van der Waals surface area contributed by atoms with Crippen LogP contribution in [0.2, 0.25) is 0 Å². The number of pyridine rings is 1. The number of aliphatic hydroxyl groups excluding tert-OH is 1. The zero-order valence-corrected chi connectivity index (χ0v) is 40.1. The summed E-state index contributed by atoms with van der Waals surface area (Å²) in [6.45, 7) is 3.96. The molecular weight excluding hydrogens is 931 g/mol. The number of nitro groups is 1. The first kappa shape index (κ1) is 47.2. The second-order valence-electron chi connectivity index (χ2n) is 19.6. The van der Waals surface area contributed by atoms with Crippen molar-refractivity contribution < 1.29 is 46.2 Å². The first-order chi connectivity index (χ1) is 33.1. The SMILES string of the molecule is CC(C)c1ccccc1[C@@H]1CCCN1C1CC2(CCN(c3ccc(C(=O)NS(=O)(=O)c4cc5c(c([N+](=O)[O-])c4)S[C@@H](C4CCC(O)CC4)CO5)c(Oc4cc5cc[nH]c5nc4OC(F)F)c3)CC2)C1. The van der Waals surface area contributed by atoms with Gasteiger partial charge in [-0.05, 0) is 123 Å². The number of aromatic nitrogens is 2. The van der Waals surface area contributed by atoms with Crippen LogP contribution < -0.4 is 23.8 Å². The summed E-state index contributed by atoms with van der Waals surface area (Å²) in [6.07, 6.45) is 10.4. The number of aromatic amines is 1. The number of thioether (sulfide) groups is 1. The Hall–Kier alpha value is -5.50. The number of rotatable bonds is 13. The van der Waals surface area contributed by atoms with E-state index in [9.17, 15) is 37.2 Å². The molecule has 2 saturated heterocycles. The van der Waals surface area contributed by atoms with E-state index in [1.54, 1.807) is 24.4 Å². The van der Waals surface area contributed by atoms with Crippen LogP contribution in [0.5, 0.6) is 23.1 Å². The monoisotopic (exact) mass is 986 g/mol. The van der Waals surface area contributed by atoms with Gasteiger partial charge in [0.05, 0.1) is 21.5 Å².